The molecule has 0 fully saturated rings. The average molecular weight is 244 g/mol. The molecule has 0 aliphatic rings. The van der Waals surface area contributed by atoms with Crippen molar-refractivity contribution in [2.75, 3.05) is 20.4 Å². The van der Waals surface area contributed by atoms with Crippen molar-refractivity contribution in [1.29, 1.82) is 0 Å². The lowest BCUT2D eigenvalue weighted by atomic mass is 10.2. The van der Waals surface area contributed by atoms with Gasteiger partial charge in [0.25, 0.3) is 0 Å². The molecule has 1 rings (SSSR count). The first-order chi connectivity index (χ1) is 7.77. The van der Waals surface area contributed by atoms with Gasteiger partial charge in [0.15, 0.2) is 6.79 Å². The monoisotopic (exact) mass is 243 g/mol. The van der Waals surface area contributed by atoms with Crippen LogP contribution in [0.1, 0.15) is 18.9 Å². The molecule has 0 saturated carbocycles. The van der Waals surface area contributed by atoms with Gasteiger partial charge in [-0.3, -0.25) is 0 Å². The molecular weight excluding hydrogens is 226 g/mol. The van der Waals surface area contributed by atoms with Crippen molar-refractivity contribution in [2.45, 2.75) is 19.9 Å². The fourth-order valence-corrected chi connectivity index (χ4v) is 1.56. The maximum Gasteiger partial charge on any atom is 0.188 e. The predicted molar refractivity (Wildman–Crippen MR) is 66.0 cm³/mol. The number of halogens is 1. The maximum atomic E-state index is 6.07. The lowest BCUT2D eigenvalue weighted by Gasteiger charge is -2.09. The summed E-state index contributed by atoms with van der Waals surface area (Å²) < 4.78 is 10.1. The molecule has 3 nitrogen and oxygen atoms in total. The van der Waals surface area contributed by atoms with E-state index in [4.69, 9.17) is 21.1 Å². The number of nitrogens with one attached hydrogen (secondary N) is 1. The zero-order valence-corrected chi connectivity index (χ0v) is 10.5. The third kappa shape index (κ3) is 4.39. The Labute approximate surface area is 102 Å². The molecule has 0 aliphatic heterocycles. The van der Waals surface area contributed by atoms with E-state index in [1.807, 2.05) is 18.2 Å². The molecule has 0 amide bonds. The molecule has 4 heteroatoms. The minimum Gasteiger partial charge on any atom is -0.466 e. The summed E-state index contributed by atoms with van der Waals surface area (Å²) in [5.74, 6) is 0.655. The van der Waals surface area contributed by atoms with Crippen LogP contribution in [0.4, 0.5) is 0 Å². The van der Waals surface area contributed by atoms with E-state index < -0.39 is 0 Å². The van der Waals surface area contributed by atoms with Gasteiger partial charge in [-0.05, 0) is 30.7 Å². The summed E-state index contributed by atoms with van der Waals surface area (Å²) in [6, 6.07) is 5.78. The highest BCUT2D eigenvalue weighted by Crippen LogP contribution is 2.25. The quantitative estimate of drug-likeness (QED) is 0.590. The molecule has 90 valence electrons. The van der Waals surface area contributed by atoms with Gasteiger partial charge in [0.2, 0.25) is 0 Å². The van der Waals surface area contributed by atoms with Gasteiger partial charge in [-0.2, -0.15) is 0 Å². The fraction of sp³-hybridized carbons (Fsp3) is 0.500. The van der Waals surface area contributed by atoms with E-state index in [9.17, 15) is 0 Å². The Bertz CT molecular complexity index is 318. The van der Waals surface area contributed by atoms with Crippen LogP contribution in [0, 0.1) is 0 Å². The summed E-state index contributed by atoms with van der Waals surface area (Å²) in [5, 5.41) is 3.94. The zero-order chi connectivity index (χ0) is 11.8. The van der Waals surface area contributed by atoms with Gasteiger partial charge in [0.05, 0.1) is 5.02 Å². The zero-order valence-electron chi connectivity index (χ0n) is 9.75. The van der Waals surface area contributed by atoms with Crippen LogP contribution in [-0.2, 0) is 11.3 Å². The number of rotatable bonds is 7. The topological polar surface area (TPSA) is 30.5 Å². The van der Waals surface area contributed by atoms with Crippen molar-refractivity contribution in [3.63, 3.8) is 0 Å². The third-order valence-electron chi connectivity index (χ3n) is 2.08. The lowest BCUT2D eigenvalue weighted by Crippen LogP contribution is -2.13. The SMILES string of the molecule is CCCNCc1ccc(OCOC)c(Cl)c1. The predicted octanol–water partition coefficient (Wildman–Crippen LogP) is 2.82. The first-order valence-electron chi connectivity index (χ1n) is 5.38. The molecule has 0 aliphatic carbocycles. The molecule has 0 heterocycles. The smallest absolute Gasteiger partial charge is 0.188 e. The Morgan fingerprint density at radius 2 is 2.19 bits per heavy atom. The van der Waals surface area contributed by atoms with Crippen LogP contribution >= 0.6 is 11.6 Å². The van der Waals surface area contributed by atoms with Crippen LogP contribution in [0.2, 0.25) is 5.02 Å². The van der Waals surface area contributed by atoms with Crippen LogP contribution in [0.25, 0.3) is 0 Å². The van der Waals surface area contributed by atoms with Crippen LogP contribution in [0.5, 0.6) is 5.75 Å². The van der Waals surface area contributed by atoms with Gasteiger partial charge < -0.3 is 14.8 Å². The van der Waals surface area contributed by atoms with E-state index in [1.54, 1.807) is 7.11 Å². The molecule has 0 unspecified atom stereocenters. The second-order valence-corrected chi connectivity index (χ2v) is 3.90. The number of benzene rings is 1. The second-order valence-electron chi connectivity index (χ2n) is 3.49. The fourth-order valence-electron chi connectivity index (χ4n) is 1.30. The Hall–Kier alpha value is -0.770. The van der Waals surface area contributed by atoms with Crippen LogP contribution in [0.3, 0.4) is 0 Å². The van der Waals surface area contributed by atoms with Crippen molar-refractivity contribution >= 4 is 11.6 Å². The van der Waals surface area contributed by atoms with E-state index in [0.717, 1.165) is 25.1 Å². The van der Waals surface area contributed by atoms with E-state index in [0.29, 0.717) is 10.8 Å². The molecule has 16 heavy (non-hydrogen) atoms. The van der Waals surface area contributed by atoms with Crippen LogP contribution in [0.15, 0.2) is 18.2 Å². The summed E-state index contributed by atoms with van der Waals surface area (Å²) in [6.45, 7) is 4.20. The maximum absolute atomic E-state index is 6.07. The Kier molecular flexibility index (Phi) is 6.23. The molecule has 0 bridgehead atoms. The van der Waals surface area contributed by atoms with Gasteiger partial charge in [-0.1, -0.05) is 24.6 Å². The lowest BCUT2D eigenvalue weighted by molar-refractivity contribution is 0.0512. The molecule has 0 saturated heterocycles. The van der Waals surface area contributed by atoms with E-state index in [1.165, 1.54) is 0 Å². The first kappa shape index (κ1) is 13.3. The molecule has 0 radical (unpaired) electrons. The summed E-state index contributed by atoms with van der Waals surface area (Å²) in [5.41, 5.74) is 1.16. The summed E-state index contributed by atoms with van der Waals surface area (Å²) in [7, 11) is 1.58. The second kappa shape index (κ2) is 7.49. The van der Waals surface area contributed by atoms with Gasteiger partial charge in [0, 0.05) is 13.7 Å². The van der Waals surface area contributed by atoms with Crippen molar-refractivity contribution in [3.05, 3.63) is 28.8 Å². The Morgan fingerprint density at radius 3 is 2.81 bits per heavy atom. The van der Waals surface area contributed by atoms with E-state index in [-0.39, 0.29) is 6.79 Å². The third-order valence-corrected chi connectivity index (χ3v) is 2.38. The highest BCUT2D eigenvalue weighted by Gasteiger charge is 2.02. The average Bonchev–Trinajstić information content (AvgIpc) is 2.28. The summed E-state index contributed by atoms with van der Waals surface area (Å²) in [6.07, 6.45) is 1.13. The molecular formula is C12H18ClNO2. The first-order valence-corrected chi connectivity index (χ1v) is 5.76. The van der Waals surface area contributed by atoms with E-state index >= 15 is 0 Å². The number of hydrogen-bond acceptors (Lipinski definition) is 3. The largest absolute Gasteiger partial charge is 0.466 e. The van der Waals surface area contributed by atoms with Gasteiger partial charge >= 0.3 is 0 Å². The van der Waals surface area contributed by atoms with Crippen molar-refractivity contribution in [1.82, 2.24) is 5.32 Å². The highest BCUT2D eigenvalue weighted by atomic mass is 35.5. The number of hydrogen-bond donors (Lipinski definition) is 1. The highest BCUT2D eigenvalue weighted by molar-refractivity contribution is 6.32. The molecule has 1 aromatic carbocycles. The number of ether oxygens (including phenoxy) is 2. The minimum atomic E-state index is 0.215. The summed E-state index contributed by atoms with van der Waals surface area (Å²) >= 11 is 6.07. The van der Waals surface area contributed by atoms with Crippen molar-refractivity contribution in [2.24, 2.45) is 0 Å². The standard InChI is InChI=1S/C12H18ClNO2/c1-3-6-14-8-10-4-5-12(11(13)7-10)16-9-15-2/h4-5,7,14H,3,6,8-9H2,1-2H3. The molecule has 1 N–H and O–H groups in total. The van der Waals surface area contributed by atoms with E-state index in [2.05, 4.69) is 12.2 Å². The molecule has 1 aromatic rings. The van der Waals surface area contributed by atoms with Crippen LogP contribution < -0.4 is 10.1 Å². The Morgan fingerprint density at radius 1 is 1.38 bits per heavy atom. The summed E-state index contributed by atoms with van der Waals surface area (Å²) in [4.78, 5) is 0. The normalized spacial score (nSPS) is 10.4. The van der Waals surface area contributed by atoms with Gasteiger partial charge in [-0.15, -0.1) is 0 Å². The van der Waals surface area contributed by atoms with Crippen molar-refractivity contribution in [3.8, 4) is 5.75 Å². The number of methoxy groups -OCH3 is 1. The molecule has 0 atom stereocenters. The Balaban J connectivity index is 2.53. The van der Waals surface area contributed by atoms with Gasteiger partial charge in [0.1, 0.15) is 5.75 Å². The van der Waals surface area contributed by atoms with Crippen LogP contribution in [-0.4, -0.2) is 20.4 Å². The molecule has 0 aromatic heterocycles. The van der Waals surface area contributed by atoms with Crippen molar-refractivity contribution < 1.29 is 9.47 Å². The minimum absolute atomic E-state index is 0.215. The molecule has 0 spiro atoms. The van der Waals surface area contributed by atoms with Gasteiger partial charge in [-0.25, -0.2) is 0 Å².